The molecule has 0 radical (unpaired) electrons. The van der Waals surface area contributed by atoms with Gasteiger partial charge < -0.3 is 14.8 Å². The van der Waals surface area contributed by atoms with Crippen molar-refractivity contribution in [2.24, 2.45) is 0 Å². The molecule has 0 heterocycles. The highest BCUT2D eigenvalue weighted by Gasteiger charge is 2.17. The molecule has 130 valence electrons. The third-order valence-corrected chi connectivity index (χ3v) is 4.47. The predicted octanol–water partition coefficient (Wildman–Crippen LogP) is 1.32. The van der Waals surface area contributed by atoms with E-state index in [-0.39, 0.29) is 18.9 Å². The van der Waals surface area contributed by atoms with Crippen LogP contribution in [0.4, 0.5) is 5.69 Å². The molecule has 7 nitrogen and oxygen atoms in total. The van der Waals surface area contributed by atoms with Crippen LogP contribution in [0.1, 0.15) is 12.8 Å². The maximum Gasteiger partial charge on any atom is 0.225 e. The molecule has 0 atom stereocenters. The number of carbonyl (C=O) groups excluding carboxylic acids is 1. The Morgan fingerprint density at radius 2 is 2.00 bits per heavy atom. The van der Waals surface area contributed by atoms with Crippen LogP contribution in [0.5, 0.6) is 5.75 Å². The van der Waals surface area contributed by atoms with Crippen molar-refractivity contribution in [2.75, 3.05) is 45.5 Å². The Kier molecular flexibility index (Phi) is 8.01. The second kappa shape index (κ2) is 9.49. The van der Waals surface area contributed by atoms with E-state index in [4.69, 9.17) is 9.47 Å². The molecule has 23 heavy (non-hydrogen) atoms. The molecule has 1 amide bonds. The fourth-order valence-corrected chi connectivity index (χ4v) is 2.86. The van der Waals surface area contributed by atoms with Gasteiger partial charge in [-0.2, -0.15) is 0 Å². The quantitative estimate of drug-likeness (QED) is 0.647. The van der Waals surface area contributed by atoms with E-state index in [1.807, 2.05) is 0 Å². The molecule has 1 N–H and O–H groups in total. The zero-order valence-corrected chi connectivity index (χ0v) is 14.6. The van der Waals surface area contributed by atoms with Gasteiger partial charge in [0.15, 0.2) is 0 Å². The molecule has 0 bridgehead atoms. The van der Waals surface area contributed by atoms with Crippen molar-refractivity contribution in [3.8, 4) is 5.75 Å². The summed E-state index contributed by atoms with van der Waals surface area (Å²) in [6.07, 6.45) is 1.80. The molecule has 0 saturated carbocycles. The number of benzene rings is 1. The number of hydrogen-bond acceptors (Lipinski definition) is 5. The molecular weight excluding hydrogens is 320 g/mol. The molecule has 0 aliphatic heterocycles. The summed E-state index contributed by atoms with van der Waals surface area (Å²) in [6, 6.07) is 6.98. The normalized spacial score (nSPS) is 11.5. The summed E-state index contributed by atoms with van der Waals surface area (Å²) in [5.74, 6) is 0.388. The topological polar surface area (TPSA) is 84.9 Å². The van der Waals surface area contributed by atoms with Crippen LogP contribution < -0.4 is 10.1 Å². The Morgan fingerprint density at radius 1 is 1.26 bits per heavy atom. The highest BCUT2D eigenvalue weighted by Crippen LogP contribution is 2.16. The minimum absolute atomic E-state index is 0.0806. The summed E-state index contributed by atoms with van der Waals surface area (Å²) in [7, 11) is -0.238. The van der Waals surface area contributed by atoms with Crippen LogP contribution in [-0.2, 0) is 19.6 Å². The van der Waals surface area contributed by atoms with Gasteiger partial charge in [0.2, 0.25) is 15.9 Å². The minimum Gasteiger partial charge on any atom is -0.497 e. The van der Waals surface area contributed by atoms with E-state index < -0.39 is 10.0 Å². The van der Waals surface area contributed by atoms with Gasteiger partial charge in [0, 0.05) is 45.0 Å². The SMILES string of the molecule is COCCCN(CCC(=O)Nc1cccc(OC)c1)S(C)(=O)=O. The molecule has 0 aromatic heterocycles. The lowest BCUT2D eigenvalue weighted by molar-refractivity contribution is -0.116. The van der Waals surface area contributed by atoms with Crippen LogP contribution in [0.3, 0.4) is 0 Å². The molecule has 0 saturated heterocycles. The molecule has 0 aliphatic rings. The van der Waals surface area contributed by atoms with Crippen LogP contribution in [0.25, 0.3) is 0 Å². The largest absolute Gasteiger partial charge is 0.497 e. The van der Waals surface area contributed by atoms with Crippen molar-refractivity contribution in [2.45, 2.75) is 12.8 Å². The molecule has 1 rings (SSSR count). The Morgan fingerprint density at radius 3 is 2.61 bits per heavy atom. The molecule has 1 aromatic rings. The summed E-state index contributed by atoms with van der Waals surface area (Å²) < 4.78 is 34.7. The lowest BCUT2D eigenvalue weighted by atomic mass is 10.3. The number of carbonyl (C=O) groups is 1. The van der Waals surface area contributed by atoms with E-state index in [1.165, 1.54) is 4.31 Å². The summed E-state index contributed by atoms with van der Waals surface area (Å²) in [5, 5.41) is 2.73. The van der Waals surface area contributed by atoms with E-state index in [9.17, 15) is 13.2 Å². The smallest absolute Gasteiger partial charge is 0.225 e. The monoisotopic (exact) mass is 344 g/mol. The van der Waals surface area contributed by atoms with Gasteiger partial charge >= 0.3 is 0 Å². The molecule has 0 fully saturated rings. The second-order valence-corrected chi connectivity index (χ2v) is 7.02. The van der Waals surface area contributed by atoms with Crippen molar-refractivity contribution in [3.05, 3.63) is 24.3 Å². The number of rotatable bonds is 10. The number of sulfonamides is 1. The van der Waals surface area contributed by atoms with E-state index in [2.05, 4.69) is 5.32 Å². The van der Waals surface area contributed by atoms with Crippen LogP contribution in [0.15, 0.2) is 24.3 Å². The van der Waals surface area contributed by atoms with Crippen molar-refractivity contribution in [1.29, 1.82) is 0 Å². The van der Waals surface area contributed by atoms with Gasteiger partial charge in [-0.25, -0.2) is 12.7 Å². The second-order valence-electron chi connectivity index (χ2n) is 5.04. The Bertz CT molecular complexity index is 604. The fourth-order valence-electron chi connectivity index (χ4n) is 1.98. The molecule has 0 aliphatic carbocycles. The summed E-state index contributed by atoms with van der Waals surface area (Å²) >= 11 is 0. The van der Waals surface area contributed by atoms with Crippen LogP contribution in [-0.4, -0.2) is 58.8 Å². The third kappa shape index (κ3) is 7.45. The number of amides is 1. The average Bonchev–Trinajstić information content (AvgIpc) is 2.49. The molecular formula is C15H24N2O5S. The number of nitrogens with one attached hydrogen (secondary N) is 1. The fraction of sp³-hybridized carbons (Fsp3) is 0.533. The zero-order valence-electron chi connectivity index (χ0n) is 13.7. The van der Waals surface area contributed by atoms with Gasteiger partial charge in [0.25, 0.3) is 0 Å². The number of methoxy groups -OCH3 is 2. The molecule has 1 aromatic carbocycles. The number of anilines is 1. The first-order chi connectivity index (χ1) is 10.9. The van der Waals surface area contributed by atoms with Crippen molar-refractivity contribution in [3.63, 3.8) is 0 Å². The van der Waals surface area contributed by atoms with Gasteiger partial charge in [0.05, 0.1) is 13.4 Å². The minimum atomic E-state index is -3.35. The Labute approximate surface area is 137 Å². The van der Waals surface area contributed by atoms with Crippen LogP contribution in [0.2, 0.25) is 0 Å². The van der Waals surface area contributed by atoms with Crippen molar-refractivity contribution < 1.29 is 22.7 Å². The first kappa shape index (κ1) is 19.4. The van der Waals surface area contributed by atoms with Gasteiger partial charge in [-0.1, -0.05) is 6.07 Å². The van der Waals surface area contributed by atoms with Gasteiger partial charge in [0.1, 0.15) is 5.75 Å². The van der Waals surface area contributed by atoms with Crippen molar-refractivity contribution in [1.82, 2.24) is 4.31 Å². The molecule has 0 unspecified atom stereocenters. The number of ether oxygens (including phenoxy) is 2. The highest BCUT2D eigenvalue weighted by atomic mass is 32.2. The first-order valence-corrected chi connectivity index (χ1v) is 9.09. The van der Waals surface area contributed by atoms with E-state index >= 15 is 0 Å². The maximum atomic E-state index is 12.0. The summed E-state index contributed by atoms with van der Waals surface area (Å²) in [4.78, 5) is 12.0. The van der Waals surface area contributed by atoms with Gasteiger partial charge in [-0.3, -0.25) is 4.79 Å². The average molecular weight is 344 g/mol. The van der Waals surface area contributed by atoms with Crippen molar-refractivity contribution >= 4 is 21.6 Å². The van der Waals surface area contributed by atoms with Gasteiger partial charge in [-0.15, -0.1) is 0 Å². The summed E-state index contributed by atoms with van der Waals surface area (Å²) in [6.45, 7) is 0.944. The lowest BCUT2D eigenvalue weighted by Gasteiger charge is -2.19. The first-order valence-electron chi connectivity index (χ1n) is 7.24. The third-order valence-electron chi connectivity index (χ3n) is 3.17. The standard InChI is InChI=1S/C15H24N2O5S/c1-21-11-5-9-17(23(3,19)20)10-8-15(18)16-13-6-4-7-14(12-13)22-2/h4,6-7,12H,5,8-11H2,1-3H3,(H,16,18). The lowest BCUT2D eigenvalue weighted by Crippen LogP contribution is -2.34. The van der Waals surface area contributed by atoms with E-state index in [0.717, 1.165) is 6.26 Å². The van der Waals surface area contributed by atoms with Gasteiger partial charge in [-0.05, 0) is 18.6 Å². The maximum absolute atomic E-state index is 12.0. The molecule has 0 spiro atoms. The predicted molar refractivity (Wildman–Crippen MR) is 89.2 cm³/mol. The number of nitrogens with zero attached hydrogens (tertiary/aromatic N) is 1. The zero-order chi connectivity index (χ0) is 17.3. The molecule has 8 heteroatoms. The van der Waals surface area contributed by atoms with Crippen LogP contribution >= 0.6 is 0 Å². The van der Waals surface area contributed by atoms with E-state index in [1.54, 1.807) is 38.5 Å². The van der Waals surface area contributed by atoms with Crippen LogP contribution in [0, 0.1) is 0 Å². The highest BCUT2D eigenvalue weighted by molar-refractivity contribution is 7.88. The van der Waals surface area contributed by atoms with E-state index in [0.29, 0.717) is 31.0 Å². The Hall–Kier alpha value is -1.64. The number of hydrogen-bond donors (Lipinski definition) is 1. The summed E-state index contributed by atoms with van der Waals surface area (Å²) in [5.41, 5.74) is 0.611. The Balaban J connectivity index is 2.54.